The van der Waals surface area contributed by atoms with Gasteiger partial charge >= 0.3 is 5.91 Å². The van der Waals surface area contributed by atoms with E-state index in [4.69, 9.17) is 0 Å². The molecule has 4 aromatic rings. The minimum absolute atomic E-state index is 0.0174. The average Bonchev–Trinajstić information content (AvgIpc) is 3.32. The second-order valence-corrected chi connectivity index (χ2v) is 5.67. The van der Waals surface area contributed by atoms with Crippen molar-refractivity contribution in [3.8, 4) is 6.07 Å². The van der Waals surface area contributed by atoms with Crippen LogP contribution in [-0.2, 0) is 0 Å². The van der Waals surface area contributed by atoms with Gasteiger partial charge < -0.3 is 5.43 Å². The molecule has 0 fully saturated rings. The van der Waals surface area contributed by atoms with E-state index in [2.05, 4.69) is 37.1 Å². The fourth-order valence-corrected chi connectivity index (χ4v) is 2.83. The number of hydrazine groups is 1. The zero-order valence-electron chi connectivity index (χ0n) is 14.0. The quantitative estimate of drug-likeness (QED) is 0.420. The Bertz CT molecular complexity index is 1330. The standard InChI is InChI=1S/C17H12N8O2/c1-9-10(6-18)15-22-12-4-2-3-5-13(12)25(15)17(27)11(9)7-20-24-16(26)14-19-8-21-23-14/h2-5,7-8,20H,1H3,(H,24,26)(H,19,21,23)/b11-7-. The zero-order chi connectivity index (χ0) is 19.0. The fraction of sp³-hybridized carbons (Fsp3) is 0.0588. The number of nitrogens with zero attached hydrogens (tertiary/aromatic N) is 5. The number of imidazole rings is 1. The van der Waals surface area contributed by atoms with Crippen molar-refractivity contribution in [1.29, 1.82) is 5.26 Å². The predicted molar refractivity (Wildman–Crippen MR) is 95.1 cm³/mol. The second kappa shape index (κ2) is 6.23. The van der Waals surface area contributed by atoms with E-state index in [1.54, 1.807) is 25.1 Å². The summed E-state index contributed by atoms with van der Waals surface area (Å²) >= 11 is 0. The van der Waals surface area contributed by atoms with Crippen molar-refractivity contribution in [2.45, 2.75) is 6.92 Å². The van der Waals surface area contributed by atoms with Gasteiger partial charge in [0.05, 0.1) is 21.8 Å². The molecule has 3 aromatic heterocycles. The Hall–Kier alpha value is -4.26. The molecule has 0 saturated heterocycles. The van der Waals surface area contributed by atoms with Crippen LogP contribution >= 0.6 is 0 Å². The van der Waals surface area contributed by atoms with Gasteiger partial charge in [0, 0.05) is 6.20 Å². The van der Waals surface area contributed by atoms with Crippen molar-refractivity contribution < 1.29 is 4.79 Å². The molecule has 10 nitrogen and oxygen atoms in total. The average molecular weight is 360 g/mol. The molecule has 0 aliphatic heterocycles. The highest BCUT2D eigenvalue weighted by atomic mass is 16.2. The van der Waals surface area contributed by atoms with Gasteiger partial charge in [-0.05, 0) is 24.6 Å². The van der Waals surface area contributed by atoms with E-state index in [1.165, 1.54) is 16.9 Å². The topological polar surface area (TPSA) is 141 Å². The van der Waals surface area contributed by atoms with Gasteiger partial charge in [-0.2, -0.15) is 10.4 Å². The number of H-pyrrole nitrogens is 1. The molecule has 0 bridgehead atoms. The number of amides is 1. The summed E-state index contributed by atoms with van der Waals surface area (Å²) in [6.07, 6.45) is 2.54. The van der Waals surface area contributed by atoms with E-state index in [0.717, 1.165) is 0 Å². The molecule has 0 spiro atoms. The Labute approximate surface area is 151 Å². The maximum absolute atomic E-state index is 13.0. The highest BCUT2D eigenvalue weighted by molar-refractivity contribution is 5.90. The zero-order valence-corrected chi connectivity index (χ0v) is 14.0. The molecular weight excluding hydrogens is 348 g/mol. The van der Waals surface area contributed by atoms with Gasteiger partial charge in [-0.1, -0.05) is 12.1 Å². The fourth-order valence-electron chi connectivity index (χ4n) is 2.83. The Morgan fingerprint density at radius 2 is 2.19 bits per heavy atom. The molecule has 0 aliphatic carbocycles. The Balaban J connectivity index is 1.85. The SMILES string of the molecule is Cc1c(C#N)c2nc3ccccc3n2c(=O)/c1=C\NNC(=O)c1ncn[nH]1. The summed E-state index contributed by atoms with van der Waals surface area (Å²) in [6, 6.07) is 9.25. The Morgan fingerprint density at radius 1 is 1.37 bits per heavy atom. The van der Waals surface area contributed by atoms with E-state index in [9.17, 15) is 14.9 Å². The number of carbonyl (C=O) groups is 1. The summed E-state index contributed by atoms with van der Waals surface area (Å²) in [6.45, 7) is 1.66. The van der Waals surface area contributed by atoms with Gasteiger partial charge in [0.25, 0.3) is 5.56 Å². The largest absolute Gasteiger partial charge is 0.306 e. The van der Waals surface area contributed by atoms with Crippen LogP contribution in [0.2, 0.25) is 0 Å². The minimum Gasteiger partial charge on any atom is -0.305 e. The maximum Gasteiger partial charge on any atom is 0.306 e. The number of hydrogen-bond acceptors (Lipinski definition) is 7. The van der Waals surface area contributed by atoms with Gasteiger partial charge in [0.15, 0.2) is 5.65 Å². The number of benzene rings is 1. The normalized spacial score (nSPS) is 11.6. The number of nitrogens with one attached hydrogen (secondary N) is 3. The van der Waals surface area contributed by atoms with Crippen LogP contribution in [0.25, 0.3) is 22.9 Å². The van der Waals surface area contributed by atoms with Crippen LogP contribution in [0.5, 0.6) is 0 Å². The molecular formula is C17H12N8O2. The monoisotopic (exact) mass is 360 g/mol. The number of pyridine rings is 1. The van der Waals surface area contributed by atoms with Crippen molar-refractivity contribution in [2.75, 3.05) is 0 Å². The molecule has 10 heteroatoms. The van der Waals surface area contributed by atoms with Gasteiger partial charge in [0.2, 0.25) is 5.82 Å². The highest BCUT2D eigenvalue weighted by Crippen LogP contribution is 2.17. The molecule has 132 valence electrons. The number of nitriles is 1. The minimum atomic E-state index is -0.552. The molecule has 0 saturated carbocycles. The third kappa shape index (κ3) is 2.54. The molecule has 0 aliphatic rings. The van der Waals surface area contributed by atoms with Gasteiger partial charge in [-0.15, -0.1) is 0 Å². The summed E-state index contributed by atoms with van der Waals surface area (Å²) in [7, 11) is 0. The van der Waals surface area contributed by atoms with Crippen LogP contribution in [0, 0.1) is 18.3 Å². The molecule has 1 aromatic carbocycles. The molecule has 3 N–H and O–H groups in total. The molecule has 27 heavy (non-hydrogen) atoms. The summed E-state index contributed by atoms with van der Waals surface area (Å²) in [5.74, 6) is -0.535. The van der Waals surface area contributed by atoms with E-state index >= 15 is 0 Å². The Kier molecular flexibility index (Phi) is 3.74. The molecule has 0 radical (unpaired) electrons. The summed E-state index contributed by atoms with van der Waals surface area (Å²) in [4.78, 5) is 33.0. The lowest BCUT2D eigenvalue weighted by Crippen LogP contribution is -2.40. The van der Waals surface area contributed by atoms with Gasteiger partial charge in [0.1, 0.15) is 12.4 Å². The van der Waals surface area contributed by atoms with Crippen LogP contribution in [0.3, 0.4) is 0 Å². The van der Waals surface area contributed by atoms with Crippen molar-refractivity contribution >= 4 is 28.8 Å². The molecule has 0 unspecified atom stereocenters. The van der Waals surface area contributed by atoms with Gasteiger partial charge in [-0.25, -0.2) is 9.97 Å². The number of hydrogen-bond donors (Lipinski definition) is 3. The first-order chi connectivity index (χ1) is 13.1. The van der Waals surface area contributed by atoms with Crippen LogP contribution in [-0.4, -0.2) is 30.5 Å². The lowest BCUT2D eigenvalue weighted by Gasteiger charge is -2.04. The number of aromatic amines is 1. The van der Waals surface area contributed by atoms with Crippen molar-refractivity contribution in [1.82, 2.24) is 35.4 Å². The van der Waals surface area contributed by atoms with Crippen molar-refractivity contribution in [3.05, 3.63) is 63.1 Å². The smallest absolute Gasteiger partial charge is 0.305 e. The third-order valence-corrected chi connectivity index (χ3v) is 4.14. The molecule has 0 atom stereocenters. The first-order valence-corrected chi connectivity index (χ1v) is 7.87. The van der Waals surface area contributed by atoms with Crippen LogP contribution in [0.1, 0.15) is 21.7 Å². The van der Waals surface area contributed by atoms with Gasteiger partial charge in [-0.3, -0.25) is 24.5 Å². The number of para-hydroxylation sites is 2. The lowest BCUT2D eigenvalue weighted by molar-refractivity contribution is 0.0933. The van der Waals surface area contributed by atoms with Crippen molar-refractivity contribution in [2.24, 2.45) is 0 Å². The number of carbonyl (C=O) groups excluding carboxylic acids is 1. The molecule has 1 amide bonds. The summed E-state index contributed by atoms with van der Waals surface area (Å²) in [5.41, 5.74) is 6.89. The Morgan fingerprint density at radius 3 is 2.93 bits per heavy atom. The summed E-state index contributed by atoms with van der Waals surface area (Å²) < 4.78 is 1.40. The van der Waals surface area contributed by atoms with Crippen LogP contribution in [0.4, 0.5) is 0 Å². The van der Waals surface area contributed by atoms with Crippen LogP contribution < -0.4 is 21.6 Å². The third-order valence-electron chi connectivity index (χ3n) is 4.14. The second-order valence-electron chi connectivity index (χ2n) is 5.67. The number of fused-ring (bicyclic) bond motifs is 3. The van der Waals surface area contributed by atoms with Crippen molar-refractivity contribution in [3.63, 3.8) is 0 Å². The molecule has 3 heterocycles. The van der Waals surface area contributed by atoms with Crippen LogP contribution in [0.15, 0.2) is 35.4 Å². The number of aromatic nitrogens is 5. The van der Waals surface area contributed by atoms with E-state index in [0.29, 0.717) is 27.8 Å². The number of rotatable bonds is 3. The summed E-state index contributed by atoms with van der Waals surface area (Å²) in [5, 5.41) is 15.8. The first kappa shape index (κ1) is 16.2. The maximum atomic E-state index is 13.0. The van der Waals surface area contributed by atoms with E-state index < -0.39 is 5.91 Å². The lowest BCUT2D eigenvalue weighted by atomic mass is 10.1. The first-order valence-electron chi connectivity index (χ1n) is 7.87. The molecule has 4 rings (SSSR count). The highest BCUT2D eigenvalue weighted by Gasteiger charge is 2.16. The van der Waals surface area contributed by atoms with E-state index in [-0.39, 0.29) is 16.6 Å². The predicted octanol–water partition coefficient (Wildman–Crippen LogP) is -0.463. The van der Waals surface area contributed by atoms with E-state index in [1.807, 2.05) is 6.07 Å².